The minimum absolute atomic E-state index is 0.0185. The Kier molecular flexibility index (Phi) is 7.69. The maximum absolute atomic E-state index is 13.3. The number of hydrogen-bond acceptors (Lipinski definition) is 8. The summed E-state index contributed by atoms with van der Waals surface area (Å²) in [7, 11) is 0. The number of ketones is 1. The van der Waals surface area contributed by atoms with Gasteiger partial charge in [0.05, 0.1) is 24.8 Å². The number of benzene rings is 2. The zero-order chi connectivity index (χ0) is 25.8. The van der Waals surface area contributed by atoms with Crippen LogP contribution in [0.2, 0.25) is 0 Å². The molecule has 0 aliphatic carbocycles. The van der Waals surface area contributed by atoms with Gasteiger partial charge in [0.15, 0.2) is 11.5 Å². The quantitative estimate of drug-likeness (QED) is 0.238. The van der Waals surface area contributed by atoms with Crippen LogP contribution in [0, 0.1) is 12.8 Å². The second-order valence-electron chi connectivity index (χ2n) is 8.81. The van der Waals surface area contributed by atoms with Gasteiger partial charge >= 0.3 is 5.91 Å². The number of rotatable bonds is 9. The van der Waals surface area contributed by atoms with Crippen molar-refractivity contribution in [1.29, 1.82) is 0 Å². The summed E-state index contributed by atoms with van der Waals surface area (Å²) in [6.07, 6.45) is 0.890. The predicted molar refractivity (Wildman–Crippen MR) is 138 cm³/mol. The van der Waals surface area contributed by atoms with Crippen molar-refractivity contribution in [3.63, 3.8) is 0 Å². The Morgan fingerprint density at radius 1 is 1.08 bits per heavy atom. The van der Waals surface area contributed by atoms with Gasteiger partial charge in [-0.15, -0.1) is 10.2 Å². The molecule has 36 heavy (non-hydrogen) atoms. The fraction of sp³-hybridized carbons (Fsp3) is 0.333. The third kappa shape index (κ3) is 5.11. The summed E-state index contributed by atoms with van der Waals surface area (Å²) >= 11 is 1.20. The summed E-state index contributed by atoms with van der Waals surface area (Å²) in [5.74, 6) is -0.246. The molecule has 0 saturated carbocycles. The largest absolute Gasteiger partial charge is 0.507 e. The molecule has 1 aromatic heterocycles. The molecule has 0 bridgehead atoms. The Morgan fingerprint density at radius 2 is 1.83 bits per heavy atom. The van der Waals surface area contributed by atoms with Crippen LogP contribution in [0.4, 0.5) is 5.13 Å². The highest BCUT2D eigenvalue weighted by Gasteiger charge is 2.48. The first-order valence-corrected chi connectivity index (χ1v) is 12.7. The molecular formula is C27H29N3O5S. The number of amides is 1. The molecule has 9 heteroatoms. The lowest BCUT2D eigenvalue weighted by Crippen LogP contribution is -2.29. The van der Waals surface area contributed by atoms with Crippen LogP contribution in [0.1, 0.15) is 49.4 Å². The summed E-state index contributed by atoms with van der Waals surface area (Å²) in [6.45, 7) is 8.84. The number of Topliss-reactive ketones (excluding diaryl/α,β-unsaturated/α-hetero) is 1. The van der Waals surface area contributed by atoms with Crippen LogP contribution in [0.5, 0.6) is 11.5 Å². The number of hydrogen-bond donors (Lipinski definition) is 1. The first-order chi connectivity index (χ1) is 17.3. The summed E-state index contributed by atoms with van der Waals surface area (Å²) in [6, 6.07) is 13.1. The number of anilines is 1. The van der Waals surface area contributed by atoms with Gasteiger partial charge in [0.2, 0.25) is 5.13 Å². The molecule has 1 amide bonds. The Morgan fingerprint density at radius 3 is 2.47 bits per heavy atom. The highest BCUT2D eigenvalue weighted by Crippen LogP contribution is 2.44. The minimum Gasteiger partial charge on any atom is -0.507 e. The second-order valence-corrected chi connectivity index (χ2v) is 9.97. The first kappa shape index (κ1) is 25.4. The monoisotopic (exact) mass is 507 g/mol. The number of carbonyl (C=O) groups excluding carboxylic acids is 2. The van der Waals surface area contributed by atoms with Crippen LogP contribution < -0.4 is 14.4 Å². The maximum Gasteiger partial charge on any atom is 0.301 e. The standard InChI is InChI=1S/C27H29N3O5S/c1-5-34-21-15-19(11-12-20(21)35-14-13-16(2)3)23-22(24(31)18-9-7-6-8-10-18)25(32)26(33)30(23)27-29-28-17(4)36-27/h6-12,15-16,23,31H,5,13-14H2,1-4H3/b24-22+. The molecule has 2 heterocycles. The van der Waals surface area contributed by atoms with Crippen molar-refractivity contribution in [2.75, 3.05) is 18.1 Å². The van der Waals surface area contributed by atoms with Gasteiger partial charge in [-0.25, -0.2) is 0 Å². The van der Waals surface area contributed by atoms with Crippen LogP contribution in [0.25, 0.3) is 5.76 Å². The van der Waals surface area contributed by atoms with Gasteiger partial charge in [0.1, 0.15) is 10.8 Å². The number of aliphatic hydroxyl groups excluding tert-OH is 1. The van der Waals surface area contributed by atoms with Crippen LogP contribution in [0.3, 0.4) is 0 Å². The molecule has 1 unspecified atom stereocenters. The number of ether oxygens (including phenoxy) is 2. The van der Waals surface area contributed by atoms with E-state index < -0.39 is 17.7 Å². The Labute approximate surface area is 214 Å². The van der Waals surface area contributed by atoms with Gasteiger partial charge in [0.25, 0.3) is 5.78 Å². The number of aliphatic hydroxyl groups is 1. The van der Waals surface area contributed by atoms with E-state index in [1.165, 1.54) is 16.2 Å². The van der Waals surface area contributed by atoms with Crippen molar-refractivity contribution < 1.29 is 24.2 Å². The van der Waals surface area contributed by atoms with Crippen LogP contribution in [-0.2, 0) is 9.59 Å². The summed E-state index contributed by atoms with van der Waals surface area (Å²) in [4.78, 5) is 27.8. The molecule has 188 valence electrons. The van der Waals surface area contributed by atoms with Gasteiger partial charge in [-0.05, 0) is 43.9 Å². The molecule has 1 fully saturated rings. The smallest absolute Gasteiger partial charge is 0.301 e. The zero-order valence-corrected chi connectivity index (χ0v) is 21.5. The Bertz CT molecular complexity index is 1290. The number of carbonyl (C=O) groups is 2. The number of nitrogens with zero attached hydrogens (tertiary/aromatic N) is 3. The van der Waals surface area contributed by atoms with E-state index in [2.05, 4.69) is 24.0 Å². The molecular weight excluding hydrogens is 478 g/mol. The van der Waals surface area contributed by atoms with Gasteiger partial charge < -0.3 is 14.6 Å². The highest BCUT2D eigenvalue weighted by atomic mass is 32.1. The van der Waals surface area contributed by atoms with Crippen molar-refractivity contribution in [3.05, 3.63) is 70.2 Å². The Hall–Kier alpha value is -3.72. The molecule has 1 aliphatic rings. The topological polar surface area (TPSA) is 102 Å². The van der Waals surface area contributed by atoms with Gasteiger partial charge in [0, 0.05) is 5.56 Å². The SMILES string of the molecule is CCOc1cc(C2/C(=C(\O)c3ccccc3)C(=O)C(=O)N2c2nnc(C)s2)ccc1OCCC(C)C. The van der Waals surface area contributed by atoms with Crippen molar-refractivity contribution in [2.24, 2.45) is 5.92 Å². The van der Waals surface area contributed by atoms with Crippen LogP contribution in [-0.4, -0.2) is 40.2 Å². The van der Waals surface area contributed by atoms with Crippen molar-refractivity contribution in [3.8, 4) is 11.5 Å². The lowest BCUT2D eigenvalue weighted by molar-refractivity contribution is -0.132. The first-order valence-electron chi connectivity index (χ1n) is 11.9. The van der Waals surface area contributed by atoms with Crippen LogP contribution in [0.15, 0.2) is 54.1 Å². The van der Waals surface area contributed by atoms with E-state index in [0.29, 0.717) is 46.8 Å². The third-order valence-electron chi connectivity index (χ3n) is 5.75. The van der Waals surface area contributed by atoms with E-state index in [0.717, 1.165) is 6.42 Å². The molecule has 1 atom stereocenters. The summed E-state index contributed by atoms with van der Waals surface area (Å²) in [5, 5.41) is 20.3. The molecule has 1 aliphatic heterocycles. The lowest BCUT2D eigenvalue weighted by atomic mass is 9.95. The molecule has 1 N–H and O–H groups in total. The van der Waals surface area contributed by atoms with E-state index in [1.807, 2.05) is 13.0 Å². The molecule has 2 aromatic carbocycles. The lowest BCUT2D eigenvalue weighted by Gasteiger charge is -2.23. The van der Waals surface area contributed by atoms with Gasteiger partial charge in [-0.2, -0.15) is 0 Å². The van der Waals surface area contributed by atoms with E-state index in [4.69, 9.17) is 9.47 Å². The van der Waals surface area contributed by atoms with E-state index >= 15 is 0 Å². The molecule has 0 radical (unpaired) electrons. The average molecular weight is 508 g/mol. The Balaban J connectivity index is 1.85. The molecule has 4 rings (SSSR count). The fourth-order valence-corrected chi connectivity index (χ4v) is 4.68. The number of aromatic nitrogens is 2. The maximum atomic E-state index is 13.3. The molecule has 0 spiro atoms. The van der Waals surface area contributed by atoms with Crippen molar-refractivity contribution >= 4 is 33.9 Å². The molecule has 3 aromatic rings. The molecule has 8 nitrogen and oxygen atoms in total. The van der Waals surface area contributed by atoms with E-state index in [9.17, 15) is 14.7 Å². The summed E-state index contributed by atoms with van der Waals surface area (Å²) in [5.41, 5.74) is 1.00. The third-order valence-corrected chi connectivity index (χ3v) is 6.59. The fourth-order valence-electron chi connectivity index (χ4n) is 3.97. The van der Waals surface area contributed by atoms with E-state index in [1.54, 1.807) is 49.4 Å². The van der Waals surface area contributed by atoms with Crippen molar-refractivity contribution in [1.82, 2.24) is 10.2 Å². The molecule has 1 saturated heterocycles. The van der Waals surface area contributed by atoms with E-state index in [-0.39, 0.29) is 16.5 Å². The highest BCUT2D eigenvalue weighted by molar-refractivity contribution is 7.15. The van der Waals surface area contributed by atoms with Crippen LogP contribution >= 0.6 is 11.3 Å². The van der Waals surface area contributed by atoms with Gasteiger partial charge in [-0.3, -0.25) is 14.5 Å². The zero-order valence-electron chi connectivity index (χ0n) is 20.7. The van der Waals surface area contributed by atoms with Gasteiger partial charge in [-0.1, -0.05) is 61.6 Å². The number of aryl methyl sites for hydroxylation is 1. The minimum atomic E-state index is -0.915. The van der Waals surface area contributed by atoms with Crippen molar-refractivity contribution in [2.45, 2.75) is 40.2 Å². The normalized spacial score (nSPS) is 17.1. The second kappa shape index (κ2) is 10.9. The average Bonchev–Trinajstić information content (AvgIpc) is 3.40. The summed E-state index contributed by atoms with van der Waals surface area (Å²) < 4.78 is 11.8. The predicted octanol–water partition coefficient (Wildman–Crippen LogP) is 5.30.